The lowest BCUT2D eigenvalue weighted by atomic mass is 10.2. The van der Waals surface area contributed by atoms with Gasteiger partial charge in [-0.15, -0.1) is 11.3 Å². The van der Waals surface area contributed by atoms with E-state index in [0.717, 1.165) is 11.3 Å². The monoisotopic (exact) mass is 419 g/mol. The molecule has 4 rings (SSSR count). The van der Waals surface area contributed by atoms with Gasteiger partial charge in [0.2, 0.25) is 0 Å². The van der Waals surface area contributed by atoms with Gasteiger partial charge < -0.3 is 10.1 Å². The fraction of sp³-hybridized carbons (Fsp3) is 0.0870. The van der Waals surface area contributed by atoms with Gasteiger partial charge in [-0.05, 0) is 48.9 Å². The maximum absolute atomic E-state index is 13.0. The van der Waals surface area contributed by atoms with Crippen LogP contribution in [0.4, 0.5) is 10.1 Å². The second kappa shape index (κ2) is 8.84. The third-order valence-electron chi connectivity index (χ3n) is 4.30. The fourth-order valence-electron chi connectivity index (χ4n) is 2.80. The fourth-order valence-corrected chi connectivity index (χ4v) is 3.74. The lowest BCUT2D eigenvalue weighted by Gasteiger charge is -2.09. The van der Waals surface area contributed by atoms with Gasteiger partial charge in [-0.2, -0.15) is 0 Å². The Morgan fingerprint density at radius 2 is 1.93 bits per heavy atom. The number of thiazole rings is 1. The number of anilines is 1. The van der Waals surface area contributed by atoms with E-state index in [2.05, 4.69) is 15.3 Å². The molecular weight excluding hydrogens is 401 g/mol. The first-order valence-electron chi connectivity index (χ1n) is 9.26. The van der Waals surface area contributed by atoms with Crippen molar-refractivity contribution in [1.82, 2.24) is 9.97 Å². The number of hydrogen-bond acceptors (Lipinski definition) is 5. The van der Waals surface area contributed by atoms with Crippen molar-refractivity contribution < 1.29 is 13.9 Å². The predicted octanol–water partition coefficient (Wildman–Crippen LogP) is 5.48. The zero-order valence-electron chi connectivity index (χ0n) is 16.1. The molecule has 0 fully saturated rings. The molecular formula is C23H18FN3O2S. The number of aromatic nitrogens is 2. The van der Waals surface area contributed by atoms with Crippen LogP contribution < -0.4 is 10.1 Å². The summed E-state index contributed by atoms with van der Waals surface area (Å²) >= 11 is 1.31. The van der Waals surface area contributed by atoms with Crippen molar-refractivity contribution in [2.45, 2.75) is 13.5 Å². The SMILES string of the molecule is Cc1nc(-c2ccccn2)sc1C(=O)Nc1cccc(OCc2ccc(F)cc2)c1. The van der Waals surface area contributed by atoms with Crippen LogP contribution in [0.25, 0.3) is 10.7 Å². The van der Waals surface area contributed by atoms with Gasteiger partial charge in [-0.3, -0.25) is 9.78 Å². The molecule has 30 heavy (non-hydrogen) atoms. The average molecular weight is 419 g/mol. The van der Waals surface area contributed by atoms with E-state index in [9.17, 15) is 9.18 Å². The highest BCUT2D eigenvalue weighted by atomic mass is 32.1. The maximum atomic E-state index is 13.0. The Morgan fingerprint density at radius 1 is 1.10 bits per heavy atom. The summed E-state index contributed by atoms with van der Waals surface area (Å²) < 4.78 is 18.8. The van der Waals surface area contributed by atoms with Crippen LogP contribution in [0.1, 0.15) is 20.9 Å². The minimum atomic E-state index is -0.284. The number of halogens is 1. The summed E-state index contributed by atoms with van der Waals surface area (Å²) in [5, 5.41) is 3.59. The number of hydrogen-bond donors (Lipinski definition) is 1. The van der Waals surface area contributed by atoms with E-state index < -0.39 is 0 Å². The molecule has 1 amide bonds. The number of nitrogens with zero attached hydrogens (tertiary/aromatic N) is 2. The summed E-state index contributed by atoms with van der Waals surface area (Å²) in [4.78, 5) is 22.1. The summed E-state index contributed by atoms with van der Waals surface area (Å²) in [7, 11) is 0. The molecule has 0 radical (unpaired) electrons. The number of pyridine rings is 1. The van der Waals surface area contributed by atoms with E-state index in [1.165, 1.54) is 23.5 Å². The first-order chi connectivity index (χ1) is 14.6. The van der Waals surface area contributed by atoms with E-state index in [4.69, 9.17) is 4.74 Å². The molecule has 0 saturated heterocycles. The van der Waals surface area contributed by atoms with Gasteiger partial charge in [0.25, 0.3) is 5.91 Å². The molecule has 2 heterocycles. The van der Waals surface area contributed by atoms with Crippen molar-refractivity contribution in [1.29, 1.82) is 0 Å². The highest BCUT2D eigenvalue weighted by Gasteiger charge is 2.17. The van der Waals surface area contributed by atoms with Crippen LogP contribution in [0.15, 0.2) is 72.9 Å². The Labute approximate surface area is 177 Å². The second-order valence-electron chi connectivity index (χ2n) is 6.55. The summed E-state index contributed by atoms with van der Waals surface area (Å²) in [6.07, 6.45) is 1.70. The van der Waals surface area contributed by atoms with Gasteiger partial charge >= 0.3 is 0 Å². The molecule has 7 heteroatoms. The molecule has 5 nitrogen and oxygen atoms in total. The van der Waals surface area contributed by atoms with Gasteiger partial charge in [0.1, 0.15) is 28.1 Å². The lowest BCUT2D eigenvalue weighted by Crippen LogP contribution is -2.11. The van der Waals surface area contributed by atoms with Crippen LogP contribution in [0.2, 0.25) is 0 Å². The number of carbonyl (C=O) groups is 1. The standard InChI is InChI=1S/C23H18FN3O2S/c1-15-21(30-23(26-15)20-7-2-3-12-25-20)22(28)27-18-5-4-6-19(13-18)29-14-16-8-10-17(24)11-9-16/h2-13H,14H2,1H3,(H,27,28). The molecule has 0 saturated carbocycles. The van der Waals surface area contributed by atoms with Crippen LogP contribution >= 0.6 is 11.3 Å². The lowest BCUT2D eigenvalue weighted by molar-refractivity contribution is 0.103. The van der Waals surface area contributed by atoms with Crippen molar-refractivity contribution in [3.05, 3.63) is 94.9 Å². The minimum Gasteiger partial charge on any atom is -0.489 e. The molecule has 0 spiro atoms. The highest BCUT2D eigenvalue weighted by molar-refractivity contribution is 7.17. The van der Waals surface area contributed by atoms with Crippen molar-refractivity contribution in [3.63, 3.8) is 0 Å². The molecule has 0 unspecified atom stereocenters. The average Bonchev–Trinajstić information content (AvgIpc) is 3.16. The number of ether oxygens (including phenoxy) is 1. The smallest absolute Gasteiger partial charge is 0.267 e. The van der Waals surface area contributed by atoms with E-state index in [-0.39, 0.29) is 11.7 Å². The number of aryl methyl sites for hydroxylation is 1. The molecule has 0 bridgehead atoms. The molecule has 1 N–H and O–H groups in total. The molecule has 2 aromatic carbocycles. The quantitative estimate of drug-likeness (QED) is 0.449. The Hall–Kier alpha value is -3.58. The Bertz CT molecular complexity index is 1160. The van der Waals surface area contributed by atoms with Gasteiger partial charge in [0, 0.05) is 18.0 Å². The van der Waals surface area contributed by atoms with E-state index in [0.29, 0.717) is 33.6 Å². The van der Waals surface area contributed by atoms with Gasteiger partial charge in [0.15, 0.2) is 0 Å². The first kappa shape index (κ1) is 19.7. The van der Waals surface area contributed by atoms with Crippen LogP contribution in [-0.4, -0.2) is 15.9 Å². The largest absolute Gasteiger partial charge is 0.489 e. The molecule has 2 aromatic heterocycles. The number of nitrogens with one attached hydrogen (secondary N) is 1. The van der Waals surface area contributed by atoms with E-state index in [1.54, 1.807) is 49.5 Å². The van der Waals surface area contributed by atoms with Crippen LogP contribution in [-0.2, 0) is 6.61 Å². The molecule has 4 aromatic rings. The summed E-state index contributed by atoms with van der Waals surface area (Å²) in [6, 6.07) is 18.9. The molecule has 150 valence electrons. The third-order valence-corrected chi connectivity index (χ3v) is 5.48. The van der Waals surface area contributed by atoms with Crippen molar-refractivity contribution in [3.8, 4) is 16.5 Å². The maximum Gasteiger partial charge on any atom is 0.267 e. The Balaban J connectivity index is 1.44. The highest BCUT2D eigenvalue weighted by Crippen LogP contribution is 2.27. The molecule has 0 atom stereocenters. The minimum absolute atomic E-state index is 0.233. The Morgan fingerprint density at radius 3 is 2.70 bits per heavy atom. The zero-order chi connectivity index (χ0) is 20.9. The number of benzene rings is 2. The zero-order valence-corrected chi connectivity index (χ0v) is 16.9. The van der Waals surface area contributed by atoms with Gasteiger partial charge in [-0.1, -0.05) is 24.3 Å². The van der Waals surface area contributed by atoms with Crippen molar-refractivity contribution in [2.24, 2.45) is 0 Å². The van der Waals surface area contributed by atoms with Crippen molar-refractivity contribution >= 4 is 22.9 Å². The predicted molar refractivity (Wildman–Crippen MR) is 115 cm³/mol. The Kier molecular flexibility index (Phi) is 5.81. The number of rotatable bonds is 6. The summed E-state index contributed by atoms with van der Waals surface area (Å²) in [6.45, 7) is 2.11. The van der Waals surface area contributed by atoms with E-state index in [1.807, 2.05) is 18.2 Å². The summed E-state index contributed by atoms with van der Waals surface area (Å²) in [5.41, 5.74) is 2.86. The number of amides is 1. The van der Waals surface area contributed by atoms with Crippen LogP contribution in [0.5, 0.6) is 5.75 Å². The third kappa shape index (κ3) is 4.69. The normalized spacial score (nSPS) is 10.6. The van der Waals surface area contributed by atoms with Crippen LogP contribution in [0, 0.1) is 12.7 Å². The molecule has 0 aliphatic heterocycles. The first-order valence-corrected chi connectivity index (χ1v) is 10.1. The van der Waals surface area contributed by atoms with Crippen molar-refractivity contribution in [2.75, 3.05) is 5.32 Å². The number of carbonyl (C=O) groups excluding carboxylic acids is 1. The van der Waals surface area contributed by atoms with Crippen LogP contribution in [0.3, 0.4) is 0 Å². The van der Waals surface area contributed by atoms with Gasteiger partial charge in [0.05, 0.1) is 11.4 Å². The second-order valence-corrected chi connectivity index (χ2v) is 7.54. The summed E-state index contributed by atoms with van der Waals surface area (Å²) in [5.74, 6) is 0.0863. The van der Waals surface area contributed by atoms with E-state index >= 15 is 0 Å². The topological polar surface area (TPSA) is 64.1 Å². The molecule has 0 aliphatic rings. The van der Waals surface area contributed by atoms with Gasteiger partial charge in [-0.25, -0.2) is 9.37 Å². The molecule has 0 aliphatic carbocycles.